The van der Waals surface area contributed by atoms with Gasteiger partial charge in [-0.2, -0.15) is 0 Å². The molecular weight excluding hydrogens is 188 g/mol. The van der Waals surface area contributed by atoms with Crippen molar-refractivity contribution < 1.29 is 4.74 Å². The third-order valence-electron chi connectivity index (χ3n) is 2.92. The number of fused-ring (bicyclic) bond motifs is 1. The molecule has 0 bridgehead atoms. The van der Waals surface area contributed by atoms with Gasteiger partial charge in [-0.25, -0.2) is 4.98 Å². The fraction of sp³-hybridized carbons (Fsp3) is 0.583. The third-order valence-corrected chi connectivity index (χ3v) is 2.92. The van der Waals surface area contributed by atoms with E-state index >= 15 is 0 Å². The molecule has 0 amide bonds. The second kappa shape index (κ2) is 4.62. The van der Waals surface area contributed by atoms with Crippen LogP contribution in [0.15, 0.2) is 12.3 Å². The summed E-state index contributed by atoms with van der Waals surface area (Å²) in [5, 5.41) is 3.07. The molecule has 0 aliphatic heterocycles. The molecule has 2 rings (SSSR count). The molecule has 1 aromatic rings. The summed E-state index contributed by atoms with van der Waals surface area (Å²) in [6.07, 6.45) is 5.63. The predicted octanol–water partition coefficient (Wildman–Crippen LogP) is 2.02. The van der Waals surface area contributed by atoms with E-state index in [2.05, 4.69) is 23.3 Å². The minimum Gasteiger partial charge on any atom is -0.378 e. The molecule has 3 heteroatoms. The fourth-order valence-electron chi connectivity index (χ4n) is 2.12. The van der Waals surface area contributed by atoms with E-state index in [1.807, 2.05) is 13.2 Å². The molecular formula is C12H18N2O. The zero-order valence-electron chi connectivity index (χ0n) is 9.42. The minimum atomic E-state index is 0.393. The number of nitrogens with one attached hydrogen (secondary N) is 1. The lowest BCUT2D eigenvalue weighted by Gasteiger charge is -2.24. The molecule has 0 saturated carbocycles. The van der Waals surface area contributed by atoms with Crippen molar-refractivity contribution in [3.8, 4) is 0 Å². The van der Waals surface area contributed by atoms with Crippen LogP contribution in [0.4, 0.5) is 5.82 Å². The Labute approximate surface area is 90.9 Å². The maximum Gasteiger partial charge on any atom is 0.125 e. The first-order chi connectivity index (χ1) is 7.33. The van der Waals surface area contributed by atoms with E-state index in [-0.39, 0.29) is 0 Å². The highest BCUT2D eigenvalue weighted by molar-refractivity contribution is 5.41. The van der Waals surface area contributed by atoms with Crippen LogP contribution in [0.5, 0.6) is 0 Å². The number of hydrogen-bond donors (Lipinski definition) is 1. The van der Waals surface area contributed by atoms with Crippen molar-refractivity contribution in [2.24, 2.45) is 0 Å². The van der Waals surface area contributed by atoms with E-state index in [1.165, 1.54) is 11.1 Å². The van der Waals surface area contributed by atoms with Crippen molar-refractivity contribution >= 4 is 5.82 Å². The van der Waals surface area contributed by atoms with Crippen molar-refractivity contribution in [3.63, 3.8) is 0 Å². The van der Waals surface area contributed by atoms with Gasteiger partial charge in [0, 0.05) is 26.3 Å². The highest BCUT2D eigenvalue weighted by atomic mass is 16.5. The molecule has 0 aromatic carbocycles. The first kappa shape index (κ1) is 10.4. The monoisotopic (exact) mass is 206 g/mol. The second-order valence-corrected chi connectivity index (χ2v) is 3.91. The molecule has 1 aliphatic rings. The first-order valence-corrected chi connectivity index (χ1v) is 5.60. The van der Waals surface area contributed by atoms with Crippen LogP contribution in [0, 0.1) is 0 Å². The molecule has 0 saturated heterocycles. The highest BCUT2D eigenvalue weighted by Crippen LogP contribution is 2.24. The van der Waals surface area contributed by atoms with Gasteiger partial charge < -0.3 is 10.1 Å². The van der Waals surface area contributed by atoms with Crippen LogP contribution in [0.25, 0.3) is 0 Å². The average Bonchev–Trinajstić information content (AvgIpc) is 2.29. The topological polar surface area (TPSA) is 34.1 Å². The summed E-state index contributed by atoms with van der Waals surface area (Å²) in [5.74, 6) is 0.962. The number of aromatic nitrogens is 1. The highest BCUT2D eigenvalue weighted by Gasteiger charge is 2.19. The van der Waals surface area contributed by atoms with Gasteiger partial charge in [-0.1, -0.05) is 0 Å². The van der Waals surface area contributed by atoms with Crippen LogP contribution in [0.3, 0.4) is 0 Å². The third kappa shape index (κ3) is 2.29. The molecule has 0 spiro atoms. The van der Waals surface area contributed by atoms with Crippen LogP contribution in [0.1, 0.15) is 24.5 Å². The van der Waals surface area contributed by atoms with Gasteiger partial charge in [-0.05, 0) is 37.0 Å². The van der Waals surface area contributed by atoms with Crippen LogP contribution in [-0.4, -0.2) is 24.7 Å². The van der Waals surface area contributed by atoms with Gasteiger partial charge in [0.2, 0.25) is 0 Å². The van der Waals surface area contributed by atoms with E-state index < -0.39 is 0 Å². The number of rotatable bonds is 3. The van der Waals surface area contributed by atoms with Gasteiger partial charge in [0.05, 0.1) is 6.10 Å². The number of ether oxygens (including phenoxy) is 1. The molecule has 82 valence electrons. The molecule has 0 radical (unpaired) electrons. The van der Waals surface area contributed by atoms with Gasteiger partial charge in [-0.15, -0.1) is 0 Å². The summed E-state index contributed by atoms with van der Waals surface area (Å²) in [7, 11) is 1.90. The normalized spacial score (nSPS) is 19.7. The largest absolute Gasteiger partial charge is 0.378 e. The van der Waals surface area contributed by atoms with E-state index in [0.29, 0.717) is 6.10 Å². The van der Waals surface area contributed by atoms with Crippen molar-refractivity contribution in [2.75, 3.05) is 19.0 Å². The van der Waals surface area contributed by atoms with Crippen molar-refractivity contribution in [1.29, 1.82) is 0 Å². The van der Waals surface area contributed by atoms with E-state index in [9.17, 15) is 0 Å². The SMILES string of the molecule is CCOC1CCc2cc(NC)ncc2C1. The van der Waals surface area contributed by atoms with Crippen LogP contribution in [-0.2, 0) is 17.6 Å². The molecule has 1 heterocycles. The Morgan fingerprint density at radius 3 is 3.13 bits per heavy atom. The Morgan fingerprint density at radius 2 is 2.40 bits per heavy atom. The van der Waals surface area contributed by atoms with Crippen LogP contribution in [0.2, 0.25) is 0 Å². The number of pyridine rings is 1. The van der Waals surface area contributed by atoms with Gasteiger partial charge >= 0.3 is 0 Å². The summed E-state index contributed by atoms with van der Waals surface area (Å²) in [4.78, 5) is 4.34. The Hall–Kier alpha value is -1.09. The molecule has 0 fully saturated rings. The Bertz CT molecular complexity index is 338. The van der Waals surface area contributed by atoms with Crippen molar-refractivity contribution in [1.82, 2.24) is 4.98 Å². The van der Waals surface area contributed by atoms with Crippen molar-refractivity contribution in [3.05, 3.63) is 23.4 Å². The predicted molar refractivity (Wildman–Crippen MR) is 61.2 cm³/mol. The number of nitrogens with zero attached hydrogens (tertiary/aromatic N) is 1. The average molecular weight is 206 g/mol. The fourth-order valence-corrected chi connectivity index (χ4v) is 2.12. The standard InChI is InChI=1S/C12H18N2O/c1-3-15-11-5-4-9-7-12(13-2)14-8-10(9)6-11/h7-8,11H,3-6H2,1-2H3,(H,13,14). The van der Waals surface area contributed by atoms with E-state index in [0.717, 1.165) is 31.7 Å². The quantitative estimate of drug-likeness (QED) is 0.821. The zero-order chi connectivity index (χ0) is 10.7. The molecule has 3 nitrogen and oxygen atoms in total. The van der Waals surface area contributed by atoms with Gasteiger partial charge in [0.15, 0.2) is 0 Å². The number of aryl methyl sites for hydroxylation is 1. The molecule has 15 heavy (non-hydrogen) atoms. The molecule has 1 aromatic heterocycles. The van der Waals surface area contributed by atoms with Crippen LogP contribution >= 0.6 is 0 Å². The summed E-state index contributed by atoms with van der Waals surface area (Å²) in [6.45, 7) is 2.86. The zero-order valence-corrected chi connectivity index (χ0v) is 9.42. The van der Waals surface area contributed by atoms with E-state index in [1.54, 1.807) is 0 Å². The maximum absolute atomic E-state index is 5.65. The number of hydrogen-bond acceptors (Lipinski definition) is 3. The molecule has 1 atom stereocenters. The smallest absolute Gasteiger partial charge is 0.125 e. The van der Waals surface area contributed by atoms with Crippen LogP contribution < -0.4 is 5.32 Å². The lowest BCUT2D eigenvalue weighted by atomic mass is 9.91. The van der Waals surface area contributed by atoms with Gasteiger partial charge in [0.25, 0.3) is 0 Å². The summed E-state index contributed by atoms with van der Waals surface area (Å²) >= 11 is 0. The molecule has 1 aliphatic carbocycles. The van der Waals surface area contributed by atoms with Crippen molar-refractivity contribution in [2.45, 2.75) is 32.3 Å². The first-order valence-electron chi connectivity index (χ1n) is 5.60. The summed E-state index contributed by atoms with van der Waals surface area (Å²) in [5.41, 5.74) is 2.77. The summed E-state index contributed by atoms with van der Waals surface area (Å²) in [6, 6.07) is 2.15. The minimum absolute atomic E-state index is 0.393. The Kier molecular flexibility index (Phi) is 3.21. The lowest BCUT2D eigenvalue weighted by Crippen LogP contribution is -2.22. The van der Waals surface area contributed by atoms with Gasteiger partial charge in [-0.3, -0.25) is 0 Å². The Balaban J connectivity index is 2.13. The molecule has 1 N–H and O–H groups in total. The van der Waals surface area contributed by atoms with Gasteiger partial charge in [0.1, 0.15) is 5.82 Å². The Morgan fingerprint density at radius 1 is 1.53 bits per heavy atom. The maximum atomic E-state index is 5.65. The second-order valence-electron chi connectivity index (χ2n) is 3.91. The molecule has 1 unspecified atom stereocenters. The number of anilines is 1. The summed E-state index contributed by atoms with van der Waals surface area (Å²) < 4.78 is 5.65. The van der Waals surface area contributed by atoms with E-state index in [4.69, 9.17) is 4.74 Å². The lowest BCUT2D eigenvalue weighted by molar-refractivity contribution is 0.0534.